The third-order valence-electron chi connectivity index (χ3n) is 5.04. The van der Waals surface area contributed by atoms with E-state index in [2.05, 4.69) is 10.6 Å². The van der Waals surface area contributed by atoms with Crippen molar-refractivity contribution >= 4 is 28.5 Å². The van der Waals surface area contributed by atoms with Gasteiger partial charge in [-0.15, -0.1) is 0 Å². The summed E-state index contributed by atoms with van der Waals surface area (Å²) in [4.78, 5) is 36.6. The number of halogens is 1. The molecule has 0 heterocycles. The number of nitrogens with two attached hydrogens (primary N) is 1. The third-order valence-corrected chi connectivity index (χ3v) is 5.04. The van der Waals surface area contributed by atoms with Gasteiger partial charge in [0.05, 0.1) is 0 Å². The summed E-state index contributed by atoms with van der Waals surface area (Å²) in [5, 5.41) is 7.11. The highest BCUT2D eigenvalue weighted by Gasteiger charge is 2.26. The van der Waals surface area contributed by atoms with E-state index in [-0.39, 0.29) is 18.4 Å². The number of hydrogen-bond acceptors (Lipinski definition) is 3. The fourth-order valence-corrected chi connectivity index (χ4v) is 3.52. The molecule has 7 heteroatoms. The molecule has 0 aliphatic rings. The Morgan fingerprint density at radius 3 is 2.16 bits per heavy atom. The van der Waals surface area contributed by atoms with Crippen LogP contribution in [0.5, 0.6) is 0 Å². The number of carbonyl (C=O) groups is 3. The molecule has 0 aliphatic heterocycles. The van der Waals surface area contributed by atoms with Crippen LogP contribution in [-0.4, -0.2) is 29.8 Å². The Morgan fingerprint density at radius 1 is 0.839 bits per heavy atom. The zero-order valence-electron chi connectivity index (χ0n) is 17.1. The van der Waals surface area contributed by atoms with E-state index in [1.54, 1.807) is 18.2 Å². The molecule has 0 aromatic heterocycles. The monoisotopic (exact) mass is 421 g/mol. The van der Waals surface area contributed by atoms with Crippen molar-refractivity contribution in [1.82, 2.24) is 10.6 Å². The van der Waals surface area contributed by atoms with Crippen LogP contribution in [0.4, 0.5) is 4.39 Å². The lowest BCUT2D eigenvalue weighted by molar-refractivity contribution is -0.130. The smallest absolute Gasteiger partial charge is 0.243 e. The van der Waals surface area contributed by atoms with Crippen molar-refractivity contribution in [2.75, 3.05) is 0 Å². The van der Waals surface area contributed by atoms with Crippen LogP contribution in [0.25, 0.3) is 10.8 Å². The summed E-state index contributed by atoms with van der Waals surface area (Å²) in [6, 6.07) is 17.4. The first-order valence-electron chi connectivity index (χ1n) is 9.92. The molecular formula is C24H24FN3O3. The Labute approximate surface area is 179 Å². The first-order chi connectivity index (χ1) is 14.8. The van der Waals surface area contributed by atoms with Crippen molar-refractivity contribution in [3.8, 4) is 0 Å². The summed E-state index contributed by atoms with van der Waals surface area (Å²) in [7, 11) is 0. The first-order valence-corrected chi connectivity index (χ1v) is 9.92. The zero-order valence-corrected chi connectivity index (χ0v) is 17.1. The van der Waals surface area contributed by atoms with E-state index >= 15 is 0 Å². The second-order valence-electron chi connectivity index (χ2n) is 7.35. The fraction of sp³-hybridized carbons (Fsp3) is 0.208. The number of nitrogens with one attached hydrogen (secondary N) is 2. The van der Waals surface area contributed by atoms with Gasteiger partial charge in [-0.25, -0.2) is 4.39 Å². The van der Waals surface area contributed by atoms with E-state index in [0.29, 0.717) is 0 Å². The zero-order chi connectivity index (χ0) is 22.4. The van der Waals surface area contributed by atoms with Gasteiger partial charge in [-0.1, -0.05) is 60.7 Å². The Balaban J connectivity index is 1.81. The average molecular weight is 421 g/mol. The lowest BCUT2D eigenvalue weighted by atomic mass is 9.98. The molecule has 160 valence electrons. The summed E-state index contributed by atoms with van der Waals surface area (Å²) in [6.07, 6.45) is 0.132. The van der Waals surface area contributed by atoms with Gasteiger partial charge in [-0.2, -0.15) is 0 Å². The lowest BCUT2D eigenvalue weighted by Gasteiger charge is -2.22. The van der Waals surface area contributed by atoms with Crippen molar-refractivity contribution in [1.29, 1.82) is 0 Å². The summed E-state index contributed by atoms with van der Waals surface area (Å²) in [6.45, 7) is 1.27. The molecule has 0 spiro atoms. The van der Waals surface area contributed by atoms with Crippen LogP contribution in [0, 0.1) is 5.82 Å². The molecule has 0 unspecified atom stereocenters. The molecule has 3 aromatic carbocycles. The van der Waals surface area contributed by atoms with Crippen molar-refractivity contribution in [2.24, 2.45) is 5.73 Å². The van der Waals surface area contributed by atoms with Crippen LogP contribution in [-0.2, 0) is 27.2 Å². The van der Waals surface area contributed by atoms with E-state index in [4.69, 9.17) is 5.73 Å². The van der Waals surface area contributed by atoms with Crippen LogP contribution in [0.2, 0.25) is 0 Å². The van der Waals surface area contributed by atoms with Gasteiger partial charge < -0.3 is 16.4 Å². The maximum Gasteiger partial charge on any atom is 0.243 e. The van der Waals surface area contributed by atoms with E-state index in [9.17, 15) is 18.8 Å². The first kappa shape index (κ1) is 22.0. The summed E-state index contributed by atoms with van der Waals surface area (Å²) < 4.78 is 14.1. The number of amides is 3. The van der Waals surface area contributed by atoms with E-state index in [1.165, 1.54) is 13.0 Å². The molecule has 0 fully saturated rings. The molecule has 0 saturated carbocycles. The minimum atomic E-state index is -1.05. The number of carbonyl (C=O) groups excluding carboxylic acids is 3. The highest BCUT2D eigenvalue weighted by Crippen LogP contribution is 2.20. The summed E-state index contributed by atoms with van der Waals surface area (Å²) in [5.41, 5.74) is 6.69. The number of hydrogen-bond donors (Lipinski definition) is 3. The largest absolute Gasteiger partial charge is 0.368 e. The van der Waals surface area contributed by atoms with Gasteiger partial charge in [0.1, 0.15) is 17.9 Å². The highest BCUT2D eigenvalue weighted by molar-refractivity contribution is 5.92. The van der Waals surface area contributed by atoms with Crippen LogP contribution in [0.3, 0.4) is 0 Å². The van der Waals surface area contributed by atoms with Gasteiger partial charge in [-0.05, 0) is 28.0 Å². The predicted octanol–water partition coefficient (Wildman–Crippen LogP) is 2.24. The molecule has 0 bridgehead atoms. The van der Waals surface area contributed by atoms with E-state index in [0.717, 1.165) is 16.3 Å². The standard InChI is InChI=1S/C24H24FN3O3/c1-15(29)27-22(14-18-8-3-5-12-20(18)25)24(31)28-21(23(26)30)13-17-10-6-9-16-7-2-4-11-19(16)17/h2-12,21-22H,13-14H2,1H3,(H2,26,30)(H,27,29)(H,28,31)/t21-,22-/m0/s1. The fourth-order valence-electron chi connectivity index (χ4n) is 3.52. The molecular weight excluding hydrogens is 397 g/mol. The molecule has 3 rings (SSSR count). The Bertz CT molecular complexity index is 1110. The number of rotatable bonds is 8. The molecule has 6 nitrogen and oxygen atoms in total. The molecule has 4 N–H and O–H groups in total. The molecule has 0 aliphatic carbocycles. The van der Waals surface area contributed by atoms with Gasteiger partial charge in [0.15, 0.2) is 0 Å². The van der Waals surface area contributed by atoms with Crippen LogP contribution >= 0.6 is 0 Å². The highest BCUT2D eigenvalue weighted by atomic mass is 19.1. The minimum absolute atomic E-state index is 0.0577. The molecule has 31 heavy (non-hydrogen) atoms. The van der Waals surface area contributed by atoms with Gasteiger partial charge in [0.2, 0.25) is 17.7 Å². The summed E-state index contributed by atoms with van der Waals surface area (Å²) in [5.74, 6) is -2.23. The van der Waals surface area contributed by atoms with Crippen LogP contribution in [0.15, 0.2) is 66.7 Å². The second-order valence-corrected chi connectivity index (χ2v) is 7.35. The molecule has 3 aromatic rings. The van der Waals surface area contributed by atoms with Crippen molar-refractivity contribution < 1.29 is 18.8 Å². The number of primary amides is 1. The normalized spacial score (nSPS) is 12.7. The van der Waals surface area contributed by atoms with Crippen LogP contribution < -0.4 is 16.4 Å². The maximum atomic E-state index is 14.1. The van der Waals surface area contributed by atoms with Gasteiger partial charge >= 0.3 is 0 Å². The summed E-state index contributed by atoms with van der Waals surface area (Å²) >= 11 is 0. The van der Waals surface area contributed by atoms with E-state index < -0.39 is 35.6 Å². The third kappa shape index (κ3) is 5.66. The van der Waals surface area contributed by atoms with Crippen molar-refractivity contribution in [2.45, 2.75) is 31.8 Å². The minimum Gasteiger partial charge on any atom is -0.368 e. The molecule has 3 amide bonds. The van der Waals surface area contributed by atoms with Gasteiger partial charge in [-0.3, -0.25) is 14.4 Å². The maximum absolute atomic E-state index is 14.1. The number of fused-ring (bicyclic) bond motifs is 1. The molecule has 2 atom stereocenters. The SMILES string of the molecule is CC(=O)N[C@@H](Cc1ccccc1F)C(=O)N[C@@H](Cc1cccc2ccccc12)C(N)=O. The van der Waals surface area contributed by atoms with Crippen molar-refractivity contribution in [3.63, 3.8) is 0 Å². The Morgan fingerprint density at radius 2 is 1.45 bits per heavy atom. The number of benzene rings is 3. The van der Waals surface area contributed by atoms with Gasteiger partial charge in [0, 0.05) is 19.8 Å². The second kappa shape index (κ2) is 9.84. The predicted molar refractivity (Wildman–Crippen MR) is 116 cm³/mol. The topological polar surface area (TPSA) is 101 Å². The molecule has 0 radical (unpaired) electrons. The van der Waals surface area contributed by atoms with E-state index in [1.807, 2.05) is 42.5 Å². The Hall–Kier alpha value is -3.74. The van der Waals surface area contributed by atoms with Crippen LogP contribution in [0.1, 0.15) is 18.1 Å². The Kier molecular flexibility index (Phi) is 6.97. The quantitative estimate of drug-likeness (QED) is 0.520. The molecule has 0 saturated heterocycles. The van der Waals surface area contributed by atoms with Gasteiger partial charge in [0.25, 0.3) is 0 Å². The van der Waals surface area contributed by atoms with Crippen molar-refractivity contribution in [3.05, 3.63) is 83.7 Å². The average Bonchev–Trinajstić information content (AvgIpc) is 2.74. The lowest BCUT2D eigenvalue weighted by Crippen LogP contribution is -2.54.